The molecule has 1 saturated heterocycles. The smallest absolute Gasteiger partial charge is 0.376 e. The molecule has 1 amide bonds. The van der Waals surface area contributed by atoms with Crippen molar-refractivity contribution in [2.24, 2.45) is 5.92 Å². The van der Waals surface area contributed by atoms with Gasteiger partial charge in [-0.05, 0) is 12.3 Å². The third-order valence-corrected chi connectivity index (χ3v) is 2.30. The molecule has 1 heterocycles. The van der Waals surface area contributed by atoms with Gasteiger partial charge in [-0.25, -0.2) is 0 Å². The van der Waals surface area contributed by atoms with Crippen LogP contribution in [0.1, 0.15) is 19.3 Å². The first kappa shape index (κ1) is 11.3. The Kier molecular flexibility index (Phi) is 3.36. The van der Waals surface area contributed by atoms with Gasteiger partial charge in [-0.1, -0.05) is 0 Å². The summed E-state index contributed by atoms with van der Waals surface area (Å²) in [6.07, 6.45) is -4.93. The zero-order valence-corrected chi connectivity index (χ0v) is 7.55. The molecule has 0 aromatic rings. The molecule has 1 rings (SSSR count). The Hall–Kier alpha value is -0.780. The van der Waals surface area contributed by atoms with E-state index in [1.807, 2.05) is 0 Å². The van der Waals surface area contributed by atoms with Crippen molar-refractivity contribution in [3.05, 3.63) is 0 Å². The quantitative estimate of drug-likeness (QED) is 0.760. The van der Waals surface area contributed by atoms with E-state index in [1.54, 1.807) is 0 Å². The molecule has 0 radical (unpaired) electrons. The van der Waals surface area contributed by atoms with Crippen molar-refractivity contribution in [1.82, 2.24) is 4.90 Å². The predicted molar refractivity (Wildman–Crippen MR) is 42.2 cm³/mol. The number of aliphatic hydroxyl groups is 1. The molecular weight excluding hydrogens is 199 g/mol. The summed E-state index contributed by atoms with van der Waals surface area (Å²) in [5, 5.41) is 8.67. The summed E-state index contributed by atoms with van der Waals surface area (Å²) < 4.78 is 35.5. The van der Waals surface area contributed by atoms with Crippen molar-refractivity contribution in [3.8, 4) is 0 Å². The first-order valence-corrected chi connectivity index (χ1v) is 4.38. The Balaban J connectivity index is 2.32. The van der Waals surface area contributed by atoms with Gasteiger partial charge in [-0.15, -0.1) is 0 Å². The van der Waals surface area contributed by atoms with Crippen molar-refractivity contribution in [3.63, 3.8) is 0 Å². The van der Waals surface area contributed by atoms with E-state index < -0.39 is 19.3 Å². The average molecular weight is 211 g/mol. The molecule has 1 atom stereocenters. The fourth-order valence-electron chi connectivity index (χ4n) is 1.55. The zero-order chi connectivity index (χ0) is 10.8. The molecule has 6 heteroatoms. The number of halogens is 3. The molecule has 0 bridgehead atoms. The van der Waals surface area contributed by atoms with Crippen LogP contribution < -0.4 is 0 Å². The monoisotopic (exact) mass is 211 g/mol. The second kappa shape index (κ2) is 4.16. The molecule has 0 aliphatic carbocycles. The largest absolute Gasteiger partial charge is 0.389 e. The lowest BCUT2D eigenvalue weighted by atomic mass is 10.0. The Bertz CT molecular complexity index is 217. The molecule has 0 aromatic carbocycles. The zero-order valence-electron chi connectivity index (χ0n) is 7.55. The number of hydrogen-bond donors (Lipinski definition) is 1. The molecule has 0 saturated carbocycles. The number of rotatable bonds is 3. The summed E-state index contributed by atoms with van der Waals surface area (Å²) in [5.41, 5.74) is 0. The highest BCUT2D eigenvalue weighted by atomic mass is 19.4. The lowest BCUT2D eigenvalue weighted by Crippen LogP contribution is -2.26. The summed E-state index contributed by atoms with van der Waals surface area (Å²) in [7, 11) is 0. The van der Waals surface area contributed by atoms with Gasteiger partial charge in [0.2, 0.25) is 5.91 Å². The van der Waals surface area contributed by atoms with E-state index in [9.17, 15) is 18.0 Å². The number of carbonyl (C=O) groups excluding carboxylic acids is 1. The summed E-state index contributed by atoms with van der Waals surface area (Å²) in [6.45, 7) is -0.160. The topological polar surface area (TPSA) is 40.5 Å². The average Bonchev–Trinajstić information content (AvgIpc) is 2.42. The predicted octanol–water partition coefficient (Wildman–Crippen LogP) is 1.13. The first-order chi connectivity index (χ1) is 6.42. The van der Waals surface area contributed by atoms with Crippen LogP contribution in [0.5, 0.6) is 0 Å². The number of amides is 1. The van der Waals surface area contributed by atoms with Gasteiger partial charge >= 0.3 is 6.18 Å². The highest BCUT2D eigenvalue weighted by Gasteiger charge is 2.33. The van der Waals surface area contributed by atoms with Crippen molar-refractivity contribution >= 4 is 5.91 Å². The molecule has 82 valence electrons. The van der Waals surface area contributed by atoms with Crippen molar-refractivity contribution in [2.45, 2.75) is 25.4 Å². The highest BCUT2D eigenvalue weighted by Crippen LogP contribution is 2.28. The fourth-order valence-corrected chi connectivity index (χ4v) is 1.55. The third kappa shape index (κ3) is 3.17. The fraction of sp³-hybridized carbons (Fsp3) is 0.875. The maximum atomic E-state index is 11.8. The minimum atomic E-state index is -4.16. The Labute approximate surface area is 79.5 Å². The molecule has 0 aromatic heterocycles. The van der Waals surface area contributed by atoms with Crippen LogP contribution in [0.15, 0.2) is 0 Å². The summed E-state index contributed by atoms with van der Waals surface area (Å²) >= 11 is 0. The van der Waals surface area contributed by atoms with Gasteiger partial charge in [0.1, 0.15) is 6.73 Å². The molecule has 1 fully saturated rings. The Morgan fingerprint density at radius 3 is 2.57 bits per heavy atom. The number of likely N-dealkylation sites (tertiary alicyclic amines) is 1. The van der Waals surface area contributed by atoms with Gasteiger partial charge in [-0.2, -0.15) is 13.2 Å². The molecule has 3 nitrogen and oxygen atoms in total. The number of aliphatic hydroxyl groups excluding tert-OH is 1. The van der Waals surface area contributed by atoms with Crippen LogP contribution in [0.3, 0.4) is 0 Å². The van der Waals surface area contributed by atoms with E-state index in [0.717, 1.165) is 0 Å². The second-order valence-corrected chi connectivity index (χ2v) is 3.48. The van der Waals surface area contributed by atoms with E-state index in [2.05, 4.69) is 0 Å². The van der Waals surface area contributed by atoms with Gasteiger partial charge < -0.3 is 10.0 Å². The maximum absolute atomic E-state index is 11.8. The molecular formula is C8H12F3NO2. The van der Waals surface area contributed by atoms with Gasteiger partial charge in [0.15, 0.2) is 0 Å². The Morgan fingerprint density at radius 1 is 1.50 bits per heavy atom. The minimum Gasteiger partial charge on any atom is -0.376 e. The van der Waals surface area contributed by atoms with Gasteiger partial charge in [0.25, 0.3) is 0 Å². The molecule has 1 aliphatic heterocycles. The summed E-state index contributed by atoms with van der Waals surface area (Å²) in [6, 6.07) is 0. The number of carbonyl (C=O) groups is 1. The van der Waals surface area contributed by atoms with Crippen LogP contribution >= 0.6 is 0 Å². The molecule has 0 spiro atoms. The van der Waals surface area contributed by atoms with Crippen LogP contribution in [0, 0.1) is 5.92 Å². The lowest BCUT2D eigenvalue weighted by molar-refractivity contribution is -0.137. The normalized spacial score (nSPS) is 23.3. The van der Waals surface area contributed by atoms with Crippen molar-refractivity contribution < 1.29 is 23.1 Å². The van der Waals surface area contributed by atoms with Crippen molar-refractivity contribution in [2.75, 3.05) is 13.3 Å². The SMILES string of the molecule is O=C1CC(CCC(F)(F)F)CN1CO. The first-order valence-electron chi connectivity index (χ1n) is 4.38. The number of alkyl halides is 3. The Morgan fingerprint density at radius 2 is 2.14 bits per heavy atom. The molecule has 14 heavy (non-hydrogen) atoms. The molecule has 1 aliphatic rings. The third-order valence-electron chi connectivity index (χ3n) is 2.30. The van der Waals surface area contributed by atoms with Gasteiger partial charge in [0, 0.05) is 19.4 Å². The maximum Gasteiger partial charge on any atom is 0.389 e. The number of nitrogens with zero attached hydrogens (tertiary/aromatic N) is 1. The second-order valence-electron chi connectivity index (χ2n) is 3.48. The van der Waals surface area contributed by atoms with Crippen molar-refractivity contribution in [1.29, 1.82) is 0 Å². The van der Waals surface area contributed by atoms with Gasteiger partial charge in [-0.3, -0.25) is 4.79 Å². The van der Waals surface area contributed by atoms with E-state index in [4.69, 9.17) is 5.11 Å². The molecule has 1 unspecified atom stereocenters. The van der Waals surface area contributed by atoms with E-state index in [-0.39, 0.29) is 31.2 Å². The van der Waals surface area contributed by atoms with E-state index >= 15 is 0 Å². The summed E-state index contributed by atoms with van der Waals surface area (Å²) in [5.74, 6) is -0.532. The van der Waals surface area contributed by atoms with Crippen LogP contribution in [0.4, 0.5) is 13.2 Å². The van der Waals surface area contributed by atoms with Gasteiger partial charge in [0.05, 0.1) is 0 Å². The van der Waals surface area contributed by atoms with Crippen LogP contribution in [-0.4, -0.2) is 35.4 Å². The summed E-state index contributed by atoms with van der Waals surface area (Å²) in [4.78, 5) is 12.2. The van der Waals surface area contributed by atoms with Crippen LogP contribution in [0.25, 0.3) is 0 Å². The van der Waals surface area contributed by atoms with E-state index in [1.165, 1.54) is 4.90 Å². The van der Waals surface area contributed by atoms with E-state index in [0.29, 0.717) is 0 Å². The minimum absolute atomic E-state index is 0.0360. The highest BCUT2D eigenvalue weighted by molar-refractivity contribution is 5.78. The lowest BCUT2D eigenvalue weighted by Gasteiger charge is -2.13. The molecule has 1 N–H and O–H groups in total. The van der Waals surface area contributed by atoms with Crippen LogP contribution in [0.2, 0.25) is 0 Å². The van der Waals surface area contributed by atoms with Crippen LogP contribution in [-0.2, 0) is 4.79 Å². The number of hydrogen-bond acceptors (Lipinski definition) is 2. The standard InChI is InChI=1S/C8H12F3NO2/c9-8(10,11)2-1-6-3-7(14)12(4-6)5-13/h6,13H,1-5H2.